The fourth-order valence-corrected chi connectivity index (χ4v) is 4.37. The van der Waals surface area contributed by atoms with Crippen LogP contribution >= 0.6 is 0 Å². The SMILES string of the molecule is COc1ncc(-c2ccc([C@H]3C[C@H](N4CCC[C@@H]4C)C3)cc2)c(OC)n1. The minimum atomic E-state index is 0.318. The first kappa shape index (κ1) is 17.3. The first-order chi connectivity index (χ1) is 12.7. The summed E-state index contributed by atoms with van der Waals surface area (Å²) in [7, 11) is 3.17. The molecule has 0 radical (unpaired) electrons. The molecule has 0 amide bonds. The van der Waals surface area contributed by atoms with Crippen molar-refractivity contribution in [3.05, 3.63) is 36.0 Å². The molecule has 1 saturated carbocycles. The van der Waals surface area contributed by atoms with Crippen LogP contribution in [0.15, 0.2) is 30.5 Å². The largest absolute Gasteiger partial charge is 0.480 e. The van der Waals surface area contributed by atoms with Gasteiger partial charge in [-0.05, 0) is 56.2 Å². The van der Waals surface area contributed by atoms with Crippen LogP contribution in [0.3, 0.4) is 0 Å². The summed E-state index contributed by atoms with van der Waals surface area (Å²) in [6, 6.07) is 10.7. The molecule has 2 fully saturated rings. The molecule has 5 heteroatoms. The lowest BCUT2D eigenvalue weighted by molar-refractivity contribution is 0.103. The maximum absolute atomic E-state index is 5.40. The van der Waals surface area contributed by atoms with Crippen molar-refractivity contribution in [3.8, 4) is 23.0 Å². The van der Waals surface area contributed by atoms with Gasteiger partial charge in [0.2, 0.25) is 5.88 Å². The zero-order valence-corrected chi connectivity index (χ0v) is 15.8. The van der Waals surface area contributed by atoms with Crippen molar-refractivity contribution in [1.29, 1.82) is 0 Å². The highest BCUT2D eigenvalue weighted by Gasteiger charge is 2.37. The number of benzene rings is 1. The van der Waals surface area contributed by atoms with Crippen LogP contribution in [0.1, 0.15) is 44.1 Å². The van der Waals surface area contributed by atoms with Crippen molar-refractivity contribution >= 4 is 0 Å². The van der Waals surface area contributed by atoms with Gasteiger partial charge in [0, 0.05) is 18.3 Å². The molecule has 2 aromatic rings. The molecule has 1 saturated heterocycles. The van der Waals surface area contributed by atoms with Gasteiger partial charge in [0.15, 0.2) is 0 Å². The Balaban J connectivity index is 1.45. The van der Waals surface area contributed by atoms with E-state index in [0.717, 1.165) is 23.2 Å². The van der Waals surface area contributed by atoms with E-state index < -0.39 is 0 Å². The highest BCUT2D eigenvalue weighted by atomic mass is 16.5. The third-order valence-electron chi connectivity index (χ3n) is 5.99. The van der Waals surface area contributed by atoms with Gasteiger partial charge in [0.25, 0.3) is 0 Å². The van der Waals surface area contributed by atoms with Gasteiger partial charge in [-0.1, -0.05) is 24.3 Å². The summed E-state index contributed by atoms with van der Waals surface area (Å²) in [4.78, 5) is 11.2. The fourth-order valence-electron chi connectivity index (χ4n) is 4.37. The van der Waals surface area contributed by atoms with Crippen LogP contribution in [0, 0.1) is 0 Å². The highest BCUT2D eigenvalue weighted by Crippen LogP contribution is 2.42. The van der Waals surface area contributed by atoms with Gasteiger partial charge >= 0.3 is 6.01 Å². The van der Waals surface area contributed by atoms with E-state index in [0.29, 0.717) is 17.8 Å². The number of likely N-dealkylation sites (tertiary alicyclic amines) is 1. The van der Waals surface area contributed by atoms with Gasteiger partial charge in [-0.15, -0.1) is 0 Å². The van der Waals surface area contributed by atoms with E-state index in [1.807, 2.05) is 0 Å². The minimum Gasteiger partial charge on any atom is -0.480 e. The van der Waals surface area contributed by atoms with Crippen molar-refractivity contribution < 1.29 is 9.47 Å². The van der Waals surface area contributed by atoms with Crippen molar-refractivity contribution in [2.75, 3.05) is 20.8 Å². The highest BCUT2D eigenvalue weighted by molar-refractivity contribution is 5.68. The molecular formula is C21H27N3O2. The van der Waals surface area contributed by atoms with E-state index >= 15 is 0 Å². The van der Waals surface area contributed by atoms with Gasteiger partial charge in [-0.25, -0.2) is 4.98 Å². The zero-order valence-electron chi connectivity index (χ0n) is 15.8. The summed E-state index contributed by atoms with van der Waals surface area (Å²) in [5.41, 5.74) is 3.39. The molecule has 1 aromatic carbocycles. The van der Waals surface area contributed by atoms with Gasteiger partial charge in [0.05, 0.1) is 19.8 Å². The molecule has 0 N–H and O–H groups in total. The molecule has 5 nitrogen and oxygen atoms in total. The second-order valence-electron chi connectivity index (χ2n) is 7.45. The van der Waals surface area contributed by atoms with E-state index in [9.17, 15) is 0 Å². The maximum Gasteiger partial charge on any atom is 0.319 e. The fraction of sp³-hybridized carbons (Fsp3) is 0.524. The standard InChI is InChI=1S/C21H27N3O2/c1-14-5-4-10-24(14)18-11-17(12-18)15-6-8-16(9-7-15)19-13-22-21(26-3)23-20(19)25-2/h6-9,13-14,17-18H,4-5,10-12H2,1-3H3/t14-,17-,18-/m0/s1. The summed E-state index contributed by atoms with van der Waals surface area (Å²) in [6.07, 6.45) is 7.07. The lowest BCUT2D eigenvalue weighted by Crippen LogP contribution is -2.45. The van der Waals surface area contributed by atoms with Crippen LogP contribution in [0.25, 0.3) is 11.1 Å². The lowest BCUT2D eigenvalue weighted by Gasteiger charge is -2.43. The van der Waals surface area contributed by atoms with Crippen molar-refractivity contribution in [1.82, 2.24) is 14.9 Å². The number of rotatable bonds is 5. The van der Waals surface area contributed by atoms with E-state index in [1.54, 1.807) is 20.4 Å². The topological polar surface area (TPSA) is 47.5 Å². The van der Waals surface area contributed by atoms with Crippen LogP contribution in [0.2, 0.25) is 0 Å². The Morgan fingerprint density at radius 2 is 1.85 bits per heavy atom. The molecule has 2 heterocycles. The smallest absolute Gasteiger partial charge is 0.319 e. The summed E-state index contributed by atoms with van der Waals surface area (Å²) in [5, 5.41) is 0. The van der Waals surface area contributed by atoms with Crippen LogP contribution < -0.4 is 9.47 Å². The number of hydrogen-bond acceptors (Lipinski definition) is 5. The third kappa shape index (κ3) is 3.16. The maximum atomic E-state index is 5.40. The van der Waals surface area contributed by atoms with Gasteiger partial charge < -0.3 is 9.47 Å². The molecule has 1 aromatic heterocycles. The summed E-state index contributed by atoms with van der Waals surface area (Å²) in [6.45, 7) is 3.66. The van der Waals surface area contributed by atoms with Gasteiger partial charge in [0.1, 0.15) is 0 Å². The van der Waals surface area contributed by atoms with Crippen LogP contribution in [0.5, 0.6) is 11.9 Å². The minimum absolute atomic E-state index is 0.318. The summed E-state index contributed by atoms with van der Waals surface area (Å²) in [5.74, 6) is 1.23. The predicted molar refractivity (Wildman–Crippen MR) is 102 cm³/mol. The Morgan fingerprint density at radius 3 is 2.46 bits per heavy atom. The molecule has 1 aliphatic carbocycles. The quantitative estimate of drug-likeness (QED) is 0.816. The predicted octanol–water partition coefficient (Wildman–Crippen LogP) is 3.89. The molecule has 4 rings (SSSR count). The van der Waals surface area contributed by atoms with E-state index in [2.05, 4.69) is 46.1 Å². The molecule has 26 heavy (non-hydrogen) atoms. The zero-order chi connectivity index (χ0) is 18.1. The van der Waals surface area contributed by atoms with Crippen molar-refractivity contribution in [2.24, 2.45) is 0 Å². The first-order valence-corrected chi connectivity index (χ1v) is 9.50. The monoisotopic (exact) mass is 353 g/mol. The molecule has 2 aliphatic rings. The lowest BCUT2D eigenvalue weighted by atomic mass is 9.74. The number of ether oxygens (including phenoxy) is 2. The molecule has 1 atom stereocenters. The van der Waals surface area contributed by atoms with Crippen LogP contribution in [0.4, 0.5) is 0 Å². The van der Waals surface area contributed by atoms with Crippen LogP contribution in [-0.2, 0) is 0 Å². The normalized spacial score (nSPS) is 25.7. The number of aromatic nitrogens is 2. The van der Waals surface area contributed by atoms with Crippen molar-refractivity contribution in [2.45, 2.75) is 50.6 Å². The van der Waals surface area contributed by atoms with E-state index in [-0.39, 0.29) is 0 Å². The first-order valence-electron chi connectivity index (χ1n) is 9.50. The van der Waals surface area contributed by atoms with Crippen molar-refractivity contribution in [3.63, 3.8) is 0 Å². The summed E-state index contributed by atoms with van der Waals surface area (Å²) < 4.78 is 10.5. The number of hydrogen-bond donors (Lipinski definition) is 0. The molecule has 138 valence electrons. The second kappa shape index (κ2) is 7.23. The average molecular weight is 353 g/mol. The molecule has 1 aliphatic heterocycles. The van der Waals surface area contributed by atoms with E-state index in [4.69, 9.17) is 9.47 Å². The Kier molecular flexibility index (Phi) is 4.81. The summed E-state index contributed by atoms with van der Waals surface area (Å²) >= 11 is 0. The molecule has 0 unspecified atom stereocenters. The third-order valence-corrected chi connectivity index (χ3v) is 5.99. The van der Waals surface area contributed by atoms with Gasteiger partial charge in [-0.3, -0.25) is 4.90 Å². The van der Waals surface area contributed by atoms with Crippen LogP contribution in [-0.4, -0.2) is 47.7 Å². The van der Waals surface area contributed by atoms with E-state index in [1.165, 1.54) is 37.8 Å². The molecule has 0 bridgehead atoms. The Bertz CT molecular complexity index is 756. The Labute approximate surface area is 155 Å². The Hall–Kier alpha value is -2.14. The molecule has 0 spiro atoms. The Morgan fingerprint density at radius 1 is 1.08 bits per heavy atom. The van der Waals surface area contributed by atoms with Gasteiger partial charge in [-0.2, -0.15) is 4.98 Å². The second-order valence-corrected chi connectivity index (χ2v) is 7.45. The number of nitrogens with zero attached hydrogens (tertiary/aromatic N) is 3. The number of methoxy groups -OCH3 is 2. The average Bonchev–Trinajstić information content (AvgIpc) is 3.06. The molecular weight excluding hydrogens is 326 g/mol.